The number of aromatic nitrogens is 2. The van der Waals surface area contributed by atoms with Crippen LogP contribution in [-0.4, -0.2) is 66.5 Å². The minimum Gasteiger partial charge on any atom is -0.619 e. The summed E-state index contributed by atoms with van der Waals surface area (Å²) in [6.45, 7) is 3.38. The fourth-order valence-electron chi connectivity index (χ4n) is 7.24. The molecule has 2 atom stereocenters. The number of carbonyl (C=O) groups is 2. The highest BCUT2D eigenvalue weighted by molar-refractivity contribution is 6.35. The number of benzene rings is 2. The van der Waals surface area contributed by atoms with Crippen molar-refractivity contribution < 1.29 is 33.6 Å². The molecule has 4 aromatic rings. The van der Waals surface area contributed by atoms with E-state index in [0.717, 1.165) is 44.3 Å². The number of piperidine rings is 3. The number of carbonyl (C=O) groups excluding carboxylic acids is 1. The largest absolute Gasteiger partial charge is 0.619 e. The Morgan fingerprint density at radius 1 is 1.06 bits per heavy atom. The van der Waals surface area contributed by atoms with E-state index in [1.807, 2.05) is 12.1 Å². The molecule has 4 aliphatic rings. The number of pyridine rings is 2. The lowest BCUT2D eigenvalue weighted by Crippen LogP contribution is -2.53. The summed E-state index contributed by atoms with van der Waals surface area (Å²) in [4.78, 5) is 34.9. The van der Waals surface area contributed by atoms with Crippen LogP contribution in [0.15, 0.2) is 73.3 Å². The summed E-state index contributed by atoms with van der Waals surface area (Å²) in [6, 6.07) is 14.1. The molecule has 0 spiro atoms. The molecule has 1 aliphatic carbocycles. The van der Waals surface area contributed by atoms with Gasteiger partial charge >= 0.3 is 12.1 Å². The van der Waals surface area contributed by atoms with Gasteiger partial charge in [0.25, 0.3) is 0 Å². The number of hydrogen-bond donors (Lipinski definition) is 1. The molecule has 4 fully saturated rings. The van der Waals surface area contributed by atoms with Crippen molar-refractivity contribution in [2.24, 2.45) is 11.8 Å². The van der Waals surface area contributed by atoms with Crippen LogP contribution >= 0.6 is 23.2 Å². The average molecular weight is 748 g/mol. The summed E-state index contributed by atoms with van der Waals surface area (Å²) in [7, 11) is 1.57. The fourth-order valence-corrected chi connectivity index (χ4v) is 7.84. The lowest BCUT2D eigenvalue weighted by atomic mass is 9.82. The molecule has 1 N–H and O–H groups in total. The van der Waals surface area contributed by atoms with Gasteiger partial charge in [0.2, 0.25) is 0 Å². The SMILES string of the molecule is COc1ccc([C@@H](Cc2c(Cl)c[n+]([O-])cc2Cl)c2cc(CN(C(=O)O[C@H]3CN4CCC3CC4)c3cccnc3)ccc2C(=O)O)cc1OCC1CC1. The first-order valence-corrected chi connectivity index (χ1v) is 18.3. The Bertz CT molecular complexity index is 1910. The molecule has 52 heavy (non-hydrogen) atoms. The van der Waals surface area contributed by atoms with Crippen molar-refractivity contribution in [1.29, 1.82) is 0 Å². The van der Waals surface area contributed by atoms with Crippen molar-refractivity contribution in [2.75, 3.05) is 38.3 Å². The van der Waals surface area contributed by atoms with Crippen molar-refractivity contribution in [3.05, 3.63) is 116 Å². The normalized spacial score (nSPS) is 19.9. The molecule has 2 aromatic carbocycles. The summed E-state index contributed by atoms with van der Waals surface area (Å²) in [5.41, 5.74) is 2.96. The lowest BCUT2D eigenvalue weighted by Gasteiger charge is -2.44. The van der Waals surface area contributed by atoms with Gasteiger partial charge in [-0.05, 0) is 104 Å². The molecule has 11 nitrogen and oxygen atoms in total. The molecular weight excluding hydrogens is 707 g/mol. The lowest BCUT2D eigenvalue weighted by molar-refractivity contribution is -0.605. The Morgan fingerprint density at radius 2 is 1.83 bits per heavy atom. The highest BCUT2D eigenvalue weighted by Gasteiger charge is 2.38. The van der Waals surface area contributed by atoms with E-state index in [-0.39, 0.29) is 34.7 Å². The van der Waals surface area contributed by atoms with Crippen LogP contribution in [0.3, 0.4) is 0 Å². The van der Waals surface area contributed by atoms with Crippen molar-refractivity contribution in [1.82, 2.24) is 9.88 Å². The molecule has 13 heteroatoms. The highest BCUT2D eigenvalue weighted by Crippen LogP contribution is 2.40. The second-order valence-electron chi connectivity index (χ2n) is 13.8. The van der Waals surface area contributed by atoms with E-state index < -0.39 is 18.0 Å². The van der Waals surface area contributed by atoms with Gasteiger partial charge in [-0.25, -0.2) is 9.59 Å². The molecule has 1 saturated carbocycles. The zero-order valence-electron chi connectivity index (χ0n) is 28.8. The third kappa shape index (κ3) is 8.06. The molecule has 2 bridgehead atoms. The number of fused-ring (bicyclic) bond motifs is 3. The number of rotatable bonds is 13. The highest BCUT2D eigenvalue weighted by atomic mass is 35.5. The van der Waals surface area contributed by atoms with Crippen LogP contribution < -0.4 is 19.1 Å². The maximum atomic E-state index is 13.9. The van der Waals surface area contributed by atoms with Crippen LogP contribution in [0.5, 0.6) is 11.5 Å². The zero-order valence-corrected chi connectivity index (χ0v) is 30.3. The molecule has 8 rings (SSSR count). The Hall–Kier alpha value is -4.58. The molecule has 272 valence electrons. The minimum atomic E-state index is -1.13. The molecule has 3 saturated heterocycles. The van der Waals surface area contributed by atoms with E-state index in [9.17, 15) is 19.9 Å². The molecule has 5 heterocycles. The standard InChI is InChI=1S/C39H40Cl2N4O7/c1-50-35-9-7-27(16-36(35)51-23-24-4-5-24)30(17-32-33(40)20-44(49)21-34(32)41)31-15-25(6-8-29(31)38(46)47)19-45(28-3-2-12-42-18-28)39(48)52-37-22-43-13-10-26(37)11-14-43/h2-3,6-9,12,15-16,18,20-21,24,26,30,37H,4-5,10-11,13-14,17,19,22-23H2,1H3,(H,46,47)/t30-,37+/m1/s1. The predicted molar refractivity (Wildman–Crippen MR) is 195 cm³/mol. The maximum Gasteiger partial charge on any atom is 0.414 e. The summed E-state index contributed by atoms with van der Waals surface area (Å²) in [6.07, 6.45) is 9.34. The molecule has 2 aromatic heterocycles. The number of methoxy groups -OCH3 is 1. The van der Waals surface area contributed by atoms with Crippen LogP contribution in [0.25, 0.3) is 0 Å². The average Bonchev–Trinajstić information content (AvgIpc) is 3.98. The van der Waals surface area contributed by atoms with Gasteiger partial charge in [0.05, 0.1) is 37.7 Å². The Kier molecular flexibility index (Phi) is 10.7. The second-order valence-corrected chi connectivity index (χ2v) is 14.6. The van der Waals surface area contributed by atoms with Crippen LogP contribution in [0, 0.1) is 17.0 Å². The molecule has 0 radical (unpaired) electrons. The summed E-state index contributed by atoms with van der Waals surface area (Å²) < 4.78 is 18.5. The zero-order chi connectivity index (χ0) is 36.4. The number of hydrogen-bond acceptors (Lipinski definition) is 8. The van der Waals surface area contributed by atoms with Crippen LogP contribution in [-0.2, 0) is 17.7 Å². The van der Waals surface area contributed by atoms with E-state index in [4.69, 9.17) is 37.4 Å². The number of halogens is 2. The summed E-state index contributed by atoms with van der Waals surface area (Å²) in [5, 5.41) is 23.0. The second kappa shape index (κ2) is 15.6. The van der Waals surface area contributed by atoms with Gasteiger partial charge in [-0.2, -0.15) is 4.73 Å². The van der Waals surface area contributed by atoms with Crippen molar-refractivity contribution >= 4 is 41.0 Å². The minimum absolute atomic E-state index is 0.0647. The Balaban J connectivity index is 1.28. The molecular formula is C39H40Cl2N4O7. The van der Waals surface area contributed by atoms with Gasteiger partial charge < -0.3 is 24.5 Å². The van der Waals surface area contributed by atoms with Crippen LogP contribution in [0.1, 0.15) is 64.2 Å². The van der Waals surface area contributed by atoms with E-state index in [1.54, 1.807) is 55.9 Å². The van der Waals surface area contributed by atoms with E-state index in [1.165, 1.54) is 17.3 Å². The topological polar surface area (TPSA) is 128 Å². The van der Waals surface area contributed by atoms with Gasteiger partial charge in [0.1, 0.15) is 16.1 Å². The first-order valence-electron chi connectivity index (χ1n) is 17.5. The number of carboxylic acid groups (broad SMARTS) is 1. The molecule has 3 aliphatic heterocycles. The van der Waals surface area contributed by atoms with Gasteiger partial charge in [-0.3, -0.25) is 14.8 Å². The van der Waals surface area contributed by atoms with Crippen LogP contribution in [0.2, 0.25) is 10.0 Å². The van der Waals surface area contributed by atoms with Crippen molar-refractivity contribution in [2.45, 2.75) is 50.7 Å². The first kappa shape index (κ1) is 35.8. The Morgan fingerprint density at radius 3 is 2.46 bits per heavy atom. The summed E-state index contributed by atoms with van der Waals surface area (Å²) >= 11 is 13.2. The predicted octanol–water partition coefficient (Wildman–Crippen LogP) is 7.13. The molecule has 1 amide bonds. The van der Waals surface area contributed by atoms with E-state index in [0.29, 0.717) is 63.6 Å². The number of anilines is 1. The van der Waals surface area contributed by atoms with Gasteiger partial charge in [-0.1, -0.05) is 41.4 Å². The molecule has 0 unspecified atom stereocenters. The smallest absolute Gasteiger partial charge is 0.414 e. The van der Waals surface area contributed by atoms with Gasteiger partial charge in [-0.15, -0.1) is 0 Å². The quantitative estimate of drug-likeness (QED) is 0.112. The summed E-state index contributed by atoms with van der Waals surface area (Å²) in [5.74, 6) is 0.141. The monoisotopic (exact) mass is 746 g/mol. The maximum absolute atomic E-state index is 13.9. The number of nitrogens with zero attached hydrogens (tertiary/aromatic N) is 4. The first-order chi connectivity index (χ1) is 25.2. The van der Waals surface area contributed by atoms with Crippen LogP contribution in [0.4, 0.5) is 10.5 Å². The fraction of sp³-hybridized carbons (Fsp3) is 0.385. The van der Waals surface area contributed by atoms with E-state index >= 15 is 0 Å². The van der Waals surface area contributed by atoms with Gasteiger partial charge in [0, 0.05) is 24.2 Å². The van der Waals surface area contributed by atoms with Crippen molar-refractivity contribution in [3.8, 4) is 11.5 Å². The van der Waals surface area contributed by atoms with Crippen molar-refractivity contribution in [3.63, 3.8) is 0 Å². The van der Waals surface area contributed by atoms with Gasteiger partial charge in [0.15, 0.2) is 23.9 Å². The Labute approximate surface area is 312 Å². The third-order valence-corrected chi connectivity index (χ3v) is 11.0. The van der Waals surface area contributed by atoms with E-state index in [2.05, 4.69) is 9.88 Å². The number of aromatic carboxylic acids is 1. The third-order valence-electron chi connectivity index (χ3n) is 10.3. The number of amides is 1. The number of ether oxygens (including phenoxy) is 3. The number of carboxylic acids is 1.